The van der Waals surface area contributed by atoms with Crippen LogP contribution in [0.2, 0.25) is 0 Å². The maximum absolute atomic E-state index is 9.63. The molecule has 6 nitrogen and oxygen atoms in total. The van der Waals surface area contributed by atoms with E-state index in [2.05, 4.69) is 0 Å². The van der Waals surface area contributed by atoms with Crippen molar-refractivity contribution >= 4 is 0 Å². The lowest BCUT2D eigenvalue weighted by Gasteiger charge is -2.26. The van der Waals surface area contributed by atoms with E-state index in [4.69, 9.17) is 19.7 Å². The van der Waals surface area contributed by atoms with Crippen LogP contribution in [0.5, 0.6) is 0 Å². The van der Waals surface area contributed by atoms with Gasteiger partial charge in [-0.3, -0.25) is 0 Å². The zero-order chi connectivity index (χ0) is 11.6. The third kappa shape index (κ3) is 3.10. The van der Waals surface area contributed by atoms with Crippen LogP contribution >= 0.6 is 0 Å². The van der Waals surface area contributed by atoms with Gasteiger partial charge in [-0.15, -0.1) is 0 Å². The molecule has 1 saturated heterocycles. The zero-order valence-electron chi connectivity index (χ0n) is 8.83. The lowest BCUT2D eigenvalue weighted by atomic mass is 10.0. The summed E-state index contributed by atoms with van der Waals surface area (Å²) >= 11 is 0. The molecule has 0 spiro atoms. The Bertz CT molecular complexity index is 207. The smallest absolute Gasteiger partial charge is 0.163 e. The SMILES string of the molecule is CC1(C)OCC(C(O)C(O)C(O)CO)O1. The molecule has 4 unspecified atom stereocenters. The van der Waals surface area contributed by atoms with E-state index in [1.165, 1.54) is 0 Å². The third-order valence-electron chi connectivity index (χ3n) is 2.34. The van der Waals surface area contributed by atoms with E-state index < -0.39 is 36.8 Å². The van der Waals surface area contributed by atoms with Gasteiger partial charge in [-0.2, -0.15) is 0 Å². The Morgan fingerprint density at radius 3 is 2.33 bits per heavy atom. The quantitative estimate of drug-likeness (QED) is 0.448. The summed E-state index contributed by atoms with van der Waals surface area (Å²) in [4.78, 5) is 0. The van der Waals surface area contributed by atoms with Crippen LogP contribution in [-0.2, 0) is 9.47 Å². The molecule has 0 aliphatic carbocycles. The summed E-state index contributed by atoms with van der Waals surface area (Å²) in [6.45, 7) is 2.90. The molecule has 15 heavy (non-hydrogen) atoms. The Balaban J connectivity index is 2.51. The molecule has 4 atom stereocenters. The van der Waals surface area contributed by atoms with E-state index in [0.717, 1.165) is 0 Å². The summed E-state index contributed by atoms with van der Waals surface area (Å²) in [6.07, 6.45) is -4.81. The van der Waals surface area contributed by atoms with Crippen LogP contribution < -0.4 is 0 Å². The Kier molecular flexibility index (Phi) is 4.05. The lowest BCUT2D eigenvalue weighted by molar-refractivity contribution is -0.170. The van der Waals surface area contributed by atoms with Crippen molar-refractivity contribution in [1.29, 1.82) is 0 Å². The highest BCUT2D eigenvalue weighted by Gasteiger charge is 2.40. The van der Waals surface area contributed by atoms with Crippen molar-refractivity contribution in [2.45, 2.75) is 44.1 Å². The second kappa shape index (κ2) is 4.73. The number of rotatable bonds is 4. The van der Waals surface area contributed by atoms with E-state index >= 15 is 0 Å². The minimum Gasteiger partial charge on any atom is -0.394 e. The van der Waals surface area contributed by atoms with Gasteiger partial charge >= 0.3 is 0 Å². The first-order chi connectivity index (χ1) is 6.87. The second-order valence-electron chi connectivity index (χ2n) is 4.10. The first kappa shape index (κ1) is 12.8. The number of aliphatic hydroxyl groups is 4. The van der Waals surface area contributed by atoms with Gasteiger partial charge in [0.1, 0.15) is 24.4 Å². The van der Waals surface area contributed by atoms with Crippen molar-refractivity contribution in [1.82, 2.24) is 0 Å². The predicted octanol–water partition coefficient (Wildman–Crippen LogP) is -1.79. The van der Waals surface area contributed by atoms with Gasteiger partial charge in [0.05, 0.1) is 13.2 Å². The van der Waals surface area contributed by atoms with Crippen LogP contribution in [0.1, 0.15) is 13.8 Å². The lowest BCUT2D eigenvalue weighted by Crippen LogP contribution is -2.47. The fourth-order valence-electron chi connectivity index (χ4n) is 1.44. The van der Waals surface area contributed by atoms with Crippen molar-refractivity contribution in [3.63, 3.8) is 0 Å². The number of aliphatic hydroxyl groups excluding tert-OH is 4. The third-order valence-corrected chi connectivity index (χ3v) is 2.34. The molecular weight excluding hydrogens is 204 g/mol. The fraction of sp³-hybridized carbons (Fsp3) is 1.00. The van der Waals surface area contributed by atoms with Crippen LogP contribution in [0.3, 0.4) is 0 Å². The van der Waals surface area contributed by atoms with Crippen LogP contribution in [0.25, 0.3) is 0 Å². The highest BCUT2D eigenvalue weighted by molar-refractivity contribution is 4.85. The first-order valence-corrected chi connectivity index (χ1v) is 4.84. The van der Waals surface area contributed by atoms with Crippen molar-refractivity contribution in [2.75, 3.05) is 13.2 Å². The Labute approximate surface area is 88.1 Å². The van der Waals surface area contributed by atoms with Crippen LogP contribution in [0.4, 0.5) is 0 Å². The standard InChI is InChI=1S/C9H18O6/c1-9(2)14-4-6(15-9)8(13)7(12)5(11)3-10/h5-8,10-13H,3-4H2,1-2H3. The van der Waals surface area contributed by atoms with Gasteiger partial charge in [0.15, 0.2) is 5.79 Å². The fourth-order valence-corrected chi connectivity index (χ4v) is 1.44. The summed E-state index contributed by atoms with van der Waals surface area (Å²) in [5.41, 5.74) is 0. The molecule has 0 aromatic heterocycles. The van der Waals surface area contributed by atoms with E-state index in [0.29, 0.717) is 0 Å². The van der Waals surface area contributed by atoms with Gasteiger partial charge in [0.2, 0.25) is 0 Å². The Morgan fingerprint density at radius 2 is 1.93 bits per heavy atom. The molecule has 4 N–H and O–H groups in total. The minimum absolute atomic E-state index is 0.142. The molecule has 0 bridgehead atoms. The summed E-state index contributed by atoms with van der Waals surface area (Å²) < 4.78 is 10.5. The van der Waals surface area contributed by atoms with Crippen molar-refractivity contribution in [2.24, 2.45) is 0 Å². The second-order valence-corrected chi connectivity index (χ2v) is 4.10. The molecular formula is C9H18O6. The van der Waals surface area contributed by atoms with Crippen molar-refractivity contribution < 1.29 is 29.9 Å². The molecule has 0 saturated carbocycles. The summed E-state index contributed by atoms with van der Waals surface area (Å²) in [5.74, 6) is -0.796. The van der Waals surface area contributed by atoms with Gasteiger partial charge in [0.25, 0.3) is 0 Å². The monoisotopic (exact) mass is 222 g/mol. The Hall–Kier alpha value is -0.240. The van der Waals surface area contributed by atoms with Crippen LogP contribution in [0, 0.1) is 0 Å². The summed E-state index contributed by atoms with van der Waals surface area (Å²) in [6, 6.07) is 0. The molecule has 0 aromatic carbocycles. The summed E-state index contributed by atoms with van der Waals surface area (Å²) in [7, 11) is 0. The van der Waals surface area contributed by atoms with Crippen molar-refractivity contribution in [3.05, 3.63) is 0 Å². The minimum atomic E-state index is -1.45. The van der Waals surface area contributed by atoms with E-state index in [1.54, 1.807) is 13.8 Å². The zero-order valence-corrected chi connectivity index (χ0v) is 8.83. The van der Waals surface area contributed by atoms with Gasteiger partial charge < -0.3 is 29.9 Å². The molecule has 1 heterocycles. The molecule has 0 amide bonds. The highest BCUT2D eigenvalue weighted by atomic mass is 16.7. The topological polar surface area (TPSA) is 99.4 Å². The molecule has 0 radical (unpaired) electrons. The van der Waals surface area contributed by atoms with E-state index in [-0.39, 0.29) is 6.61 Å². The molecule has 1 fully saturated rings. The molecule has 90 valence electrons. The molecule has 6 heteroatoms. The van der Waals surface area contributed by atoms with Gasteiger partial charge in [-0.25, -0.2) is 0 Å². The van der Waals surface area contributed by atoms with Crippen LogP contribution in [0.15, 0.2) is 0 Å². The maximum Gasteiger partial charge on any atom is 0.163 e. The average Bonchev–Trinajstić information content (AvgIpc) is 2.55. The largest absolute Gasteiger partial charge is 0.394 e. The first-order valence-electron chi connectivity index (χ1n) is 4.84. The predicted molar refractivity (Wildman–Crippen MR) is 50.0 cm³/mol. The maximum atomic E-state index is 9.63. The Morgan fingerprint density at radius 1 is 1.33 bits per heavy atom. The molecule has 1 rings (SSSR count). The number of hydrogen-bond acceptors (Lipinski definition) is 6. The van der Waals surface area contributed by atoms with Gasteiger partial charge in [0, 0.05) is 0 Å². The normalized spacial score (nSPS) is 31.2. The van der Waals surface area contributed by atoms with E-state index in [9.17, 15) is 10.2 Å². The number of ether oxygens (including phenoxy) is 2. The molecule has 1 aliphatic rings. The number of hydrogen-bond donors (Lipinski definition) is 4. The molecule has 0 aromatic rings. The highest BCUT2D eigenvalue weighted by Crippen LogP contribution is 2.25. The molecule has 1 aliphatic heterocycles. The summed E-state index contributed by atoms with van der Waals surface area (Å²) in [5, 5.41) is 36.8. The van der Waals surface area contributed by atoms with Crippen molar-refractivity contribution in [3.8, 4) is 0 Å². The van der Waals surface area contributed by atoms with Gasteiger partial charge in [-0.05, 0) is 13.8 Å². The van der Waals surface area contributed by atoms with E-state index in [1.807, 2.05) is 0 Å². The van der Waals surface area contributed by atoms with Crippen LogP contribution in [-0.4, -0.2) is 63.8 Å². The van der Waals surface area contributed by atoms with Gasteiger partial charge in [-0.1, -0.05) is 0 Å². The average molecular weight is 222 g/mol.